The molecule has 0 radical (unpaired) electrons. The van der Waals surface area contributed by atoms with Crippen LogP contribution in [0.25, 0.3) is 5.57 Å². The Kier molecular flexibility index (Phi) is 3.90. The van der Waals surface area contributed by atoms with E-state index in [1.807, 2.05) is 41.7 Å². The first-order valence-corrected chi connectivity index (χ1v) is 7.90. The highest BCUT2D eigenvalue weighted by Crippen LogP contribution is 2.46. The molecule has 0 saturated heterocycles. The number of halogens is 2. The van der Waals surface area contributed by atoms with Crippen LogP contribution in [0.1, 0.15) is 20.8 Å². The van der Waals surface area contributed by atoms with Crippen molar-refractivity contribution in [3.8, 4) is 12.1 Å². The fourth-order valence-electron chi connectivity index (χ4n) is 1.89. The maximum Gasteiger partial charge on any atom is 0.195 e. The van der Waals surface area contributed by atoms with E-state index in [4.69, 9.17) is 10.5 Å². The Balaban J connectivity index is 2.94. The summed E-state index contributed by atoms with van der Waals surface area (Å²) < 4.78 is 2.59. The predicted octanol–water partition coefficient (Wildman–Crippen LogP) is 3.98. The van der Waals surface area contributed by atoms with Gasteiger partial charge in [0.1, 0.15) is 17.7 Å². The molecule has 0 unspecified atom stereocenters. The second-order valence-corrected chi connectivity index (χ2v) is 7.17. The number of rotatable bonds is 0. The maximum atomic E-state index is 12.3. The lowest BCUT2D eigenvalue weighted by molar-refractivity contribution is 0.104. The van der Waals surface area contributed by atoms with E-state index < -0.39 is 0 Å². The lowest BCUT2D eigenvalue weighted by Gasteiger charge is -2.00. The zero-order valence-corrected chi connectivity index (χ0v) is 14.2. The number of thiophene rings is 1. The highest BCUT2D eigenvalue weighted by Gasteiger charge is 2.36. The zero-order chi connectivity index (χ0) is 13.4. The van der Waals surface area contributed by atoms with Crippen molar-refractivity contribution in [1.29, 1.82) is 10.5 Å². The van der Waals surface area contributed by atoms with Gasteiger partial charge in [-0.25, -0.2) is 0 Å². The Bertz CT molecular complexity index is 698. The fraction of sp³-hybridized carbons (Fsp3) is 0.0833. The summed E-state index contributed by atoms with van der Waals surface area (Å²) in [5.41, 5.74) is 2.34. The van der Waals surface area contributed by atoms with Crippen LogP contribution < -0.4 is 0 Å². The molecule has 0 aliphatic heterocycles. The van der Waals surface area contributed by atoms with Gasteiger partial charge in [0.05, 0.1) is 2.88 Å². The minimum Gasteiger partial charge on any atom is -0.289 e. The molecular weight excluding hydrogens is 474 g/mol. The van der Waals surface area contributed by atoms with Crippen molar-refractivity contribution in [2.24, 2.45) is 0 Å². The maximum absolute atomic E-state index is 12.3. The molecule has 3 nitrogen and oxygen atoms in total. The van der Waals surface area contributed by atoms with Crippen molar-refractivity contribution in [1.82, 2.24) is 0 Å². The van der Waals surface area contributed by atoms with Crippen LogP contribution in [0.2, 0.25) is 0 Å². The molecular formula is C12H4I2N2OS. The van der Waals surface area contributed by atoms with E-state index in [-0.39, 0.29) is 11.4 Å². The van der Waals surface area contributed by atoms with Crippen molar-refractivity contribution in [3.63, 3.8) is 0 Å². The molecule has 0 aromatic carbocycles. The molecule has 0 N–H and O–H groups in total. The second-order valence-electron chi connectivity index (χ2n) is 3.51. The Labute approximate surface area is 135 Å². The largest absolute Gasteiger partial charge is 0.289 e. The minimum absolute atomic E-state index is 0.000678. The van der Waals surface area contributed by atoms with Gasteiger partial charge >= 0.3 is 0 Å². The molecule has 88 valence electrons. The Hall–Kier alpha value is -0.710. The summed E-state index contributed by atoms with van der Waals surface area (Å²) in [5, 5.41) is 18.1. The number of carbonyl (C=O) groups excluding carboxylic acids is 1. The van der Waals surface area contributed by atoms with Crippen LogP contribution in [0.15, 0.2) is 15.2 Å². The summed E-state index contributed by atoms with van der Waals surface area (Å²) in [6.07, 6.45) is 0. The number of carbonyl (C=O) groups is 1. The number of Topliss-reactive ketones (excluding diaryl/α,β-unsaturated/α-hetero) is 1. The molecule has 1 aromatic rings. The van der Waals surface area contributed by atoms with Crippen molar-refractivity contribution >= 4 is 67.9 Å². The third kappa shape index (κ3) is 1.83. The van der Waals surface area contributed by atoms with Crippen molar-refractivity contribution in [3.05, 3.63) is 34.1 Å². The topological polar surface area (TPSA) is 64.7 Å². The molecule has 0 fully saturated rings. The van der Waals surface area contributed by atoms with Crippen LogP contribution in [0, 0.1) is 32.5 Å². The first kappa shape index (κ1) is 13.7. The van der Waals surface area contributed by atoms with Crippen LogP contribution in [0.5, 0.6) is 0 Å². The minimum atomic E-state index is -0.0888. The number of aryl methyl sites for hydroxylation is 1. The highest BCUT2D eigenvalue weighted by molar-refractivity contribution is 14.1. The van der Waals surface area contributed by atoms with Gasteiger partial charge in [-0.15, -0.1) is 11.3 Å². The average molecular weight is 478 g/mol. The van der Waals surface area contributed by atoms with Gasteiger partial charge in [-0.05, 0) is 33.6 Å². The number of fused-ring (bicyclic) bond motifs is 1. The zero-order valence-electron chi connectivity index (χ0n) is 9.04. The van der Waals surface area contributed by atoms with Gasteiger partial charge in [-0.3, -0.25) is 4.79 Å². The molecule has 6 heteroatoms. The van der Waals surface area contributed by atoms with Gasteiger partial charge in [0.25, 0.3) is 0 Å². The van der Waals surface area contributed by atoms with Crippen LogP contribution >= 0.6 is 56.5 Å². The Morgan fingerprint density at radius 2 is 1.94 bits per heavy atom. The molecule has 1 aliphatic rings. The van der Waals surface area contributed by atoms with Gasteiger partial charge in [0.15, 0.2) is 5.78 Å². The lowest BCUT2D eigenvalue weighted by atomic mass is 10.0. The van der Waals surface area contributed by atoms with E-state index in [0.717, 1.165) is 13.3 Å². The van der Waals surface area contributed by atoms with E-state index in [1.54, 1.807) is 4.08 Å². The number of hydrogen-bond donors (Lipinski definition) is 0. The Morgan fingerprint density at radius 3 is 2.44 bits per heavy atom. The smallest absolute Gasteiger partial charge is 0.195 e. The normalized spacial score (nSPS) is 15.5. The third-order valence-electron chi connectivity index (χ3n) is 2.62. The summed E-state index contributed by atoms with van der Waals surface area (Å²) in [6.45, 7) is 1.88. The van der Waals surface area contributed by atoms with Crippen LogP contribution in [0.4, 0.5) is 0 Å². The van der Waals surface area contributed by atoms with E-state index in [0.29, 0.717) is 16.7 Å². The number of nitriles is 2. The Morgan fingerprint density at radius 1 is 1.33 bits per heavy atom. The van der Waals surface area contributed by atoms with Crippen molar-refractivity contribution in [2.75, 3.05) is 0 Å². The van der Waals surface area contributed by atoms with Gasteiger partial charge < -0.3 is 0 Å². The van der Waals surface area contributed by atoms with Crippen LogP contribution in [0.3, 0.4) is 0 Å². The molecule has 0 atom stereocenters. The summed E-state index contributed by atoms with van der Waals surface area (Å²) in [4.78, 5) is 13.2. The quantitative estimate of drug-likeness (QED) is 0.322. The van der Waals surface area contributed by atoms with Crippen LogP contribution in [-0.2, 0) is 0 Å². The first-order chi connectivity index (χ1) is 8.56. The molecule has 2 rings (SSSR count). The van der Waals surface area contributed by atoms with E-state index in [9.17, 15) is 4.79 Å². The fourth-order valence-corrected chi connectivity index (χ4v) is 4.89. The standard InChI is InChI=1S/C12H4I2N2OS/c1-5-8-10(12(14)18-5)9(6(3-15)4-16)7(2-13)11(8)17/h2H,1H3/b7-2-. The van der Waals surface area contributed by atoms with Gasteiger partial charge in [0.2, 0.25) is 0 Å². The number of nitrogens with zero attached hydrogens (tertiary/aromatic N) is 2. The third-order valence-corrected chi connectivity index (χ3v) is 5.33. The van der Waals surface area contributed by atoms with E-state index in [1.165, 1.54) is 11.3 Å². The van der Waals surface area contributed by atoms with E-state index >= 15 is 0 Å². The molecule has 18 heavy (non-hydrogen) atoms. The summed E-state index contributed by atoms with van der Waals surface area (Å²) >= 11 is 5.63. The van der Waals surface area contributed by atoms with Crippen molar-refractivity contribution < 1.29 is 4.79 Å². The number of ketones is 1. The molecule has 0 saturated carbocycles. The molecule has 0 amide bonds. The van der Waals surface area contributed by atoms with E-state index in [2.05, 4.69) is 22.6 Å². The second kappa shape index (κ2) is 5.11. The lowest BCUT2D eigenvalue weighted by Crippen LogP contribution is -1.96. The molecule has 0 spiro atoms. The molecule has 0 bridgehead atoms. The molecule has 1 heterocycles. The van der Waals surface area contributed by atoms with Gasteiger partial charge in [-0.1, -0.05) is 22.6 Å². The summed E-state index contributed by atoms with van der Waals surface area (Å²) in [6, 6.07) is 3.76. The first-order valence-electron chi connectivity index (χ1n) is 4.76. The van der Waals surface area contributed by atoms with Gasteiger partial charge in [-0.2, -0.15) is 10.5 Å². The van der Waals surface area contributed by atoms with Crippen LogP contribution in [-0.4, -0.2) is 5.78 Å². The van der Waals surface area contributed by atoms with Gasteiger partial charge in [0, 0.05) is 27.2 Å². The SMILES string of the molecule is Cc1sc(I)c2c1C(=O)/C(=C\I)C2=C(C#N)C#N. The highest BCUT2D eigenvalue weighted by atomic mass is 127. The summed E-state index contributed by atoms with van der Waals surface area (Å²) in [5.74, 6) is -0.0888. The number of allylic oxidation sites excluding steroid dienone is 3. The monoisotopic (exact) mass is 478 g/mol. The molecule has 1 aromatic heterocycles. The average Bonchev–Trinajstić information content (AvgIpc) is 2.79. The summed E-state index contributed by atoms with van der Waals surface area (Å²) in [7, 11) is 0. The molecule has 1 aliphatic carbocycles. The predicted molar refractivity (Wildman–Crippen MR) is 86.4 cm³/mol. The van der Waals surface area contributed by atoms with Crippen molar-refractivity contribution in [2.45, 2.75) is 6.92 Å². The number of hydrogen-bond acceptors (Lipinski definition) is 4.